The number of carbonyl (C=O) groups excluding carboxylic acids is 2. The fourth-order valence-corrected chi connectivity index (χ4v) is 7.50. The number of benzene rings is 5. The van der Waals surface area contributed by atoms with Gasteiger partial charge in [-0.1, -0.05) is 127 Å². The molecule has 0 saturated carbocycles. The molecule has 0 bridgehead atoms. The molecule has 2 heterocycles. The Hall–Kier alpha value is -5.62. The van der Waals surface area contributed by atoms with Gasteiger partial charge in [-0.2, -0.15) is 10.4 Å². The number of amides is 2. The molecule has 8 nitrogen and oxygen atoms in total. The highest BCUT2D eigenvalue weighted by atomic mass is 35.5. The van der Waals surface area contributed by atoms with Crippen LogP contribution in [0.15, 0.2) is 127 Å². The summed E-state index contributed by atoms with van der Waals surface area (Å²) in [7, 11) is 0. The molecule has 2 atom stereocenters. The van der Waals surface area contributed by atoms with Crippen LogP contribution in [0.2, 0.25) is 5.02 Å². The highest BCUT2D eigenvalue weighted by Gasteiger charge is 2.41. The van der Waals surface area contributed by atoms with E-state index in [-0.39, 0.29) is 12.5 Å². The molecule has 1 N–H and O–H groups in total. The Morgan fingerprint density at radius 2 is 1.55 bits per heavy atom. The Kier molecular flexibility index (Phi) is 10.5. The minimum absolute atomic E-state index is 0.195. The van der Waals surface area contributed by atoms with Gasteiger partial charge >= 0.3 is 6.09 Å². The number of fused-ring (bicyclic) bond motifs is 1. The Morgan fingerprint density at radius 1 is 0.925 bits per heavy atom. The maximum atomic E-state index is 14.2. The predicted molar refractivity (Wildman–Crippen MR) is 209 cm³/mol. The van der Waals surface area contributed by atoms with Crippen LogP contribution in [0.1, 0.15) is 48.4 Å². The lowest BCUT2D eigenvalue weighted by Crippen LogP contribution is -2.44. The number of nitrogens with zero attached hydrogens (tertiary/aromatic N) is 4. The van der Waals surface area contributed by atoms with Gasteiger partial charge < -0.3 is 15.0 Å². The second kappa shape index (κ2) is 15.5. The van der Waals surface area contributed by atoms with E-state index in [0.29, 0.717) is 53.2 Å². The van der Waals surface area contributed by atoms with E-state index in [1.54, 1.807) is 23.1 Å². The van der Waals surface area contributed by atoms with Crippen molar-refractivity contribution in [3.63, 3.8) is 0 Å². The number of halogens is 2. The topological polar surface area (TPSA) is 100 Å². The summed E-state index contributed by atoms with van der Waals surface area (Å²) in [4.78, 5) is 28.6. The van der Waals surface area contributed by atoms with Gasteiger partial charge in [0.2, 0.25) is 5.91 Å². The SMILES string of the molecule is CCC(Cl)OC(=O)N1CCC[C@@H](C(=O)Nc2nn(C(c3ccccc3)(c3ccccc3)c3ccccc3)c3ccc(-c4cc(C#N)ccc4Cl)cc23)C1. The van der Waals surface area contributed by atoms with Crippen LogP contribution in [0.4, 0.5) is 10.6 Å². The maximum Gasteiger partial charge on any atom is 0.411 e. The van der Waals surface area contributed by atoms with E-state index in [2.05, 4.69) is 47.8 Å². The van der Waals surface area contributed by atoms with Crippen LogP contribution in [0, 0.1) is 17.2 Å². The van der Waals surface area contributed by atoms with Crippen LogP contribution in [0.3, 0.4) is 0 Å². The molecule has 2 amide bonds. The Labute approximate surface area is 318 Å². The zero-order valence-corrected chi connectivity index (χ0v) is 30.6. The first kappa shape index (κ1) is 35.8. The van der Waals surface area contributed by atoms with Crippen molar-refractivity contribution in [2.75, 3.05) is 18.4 Å². The van der Waals surface area contributed by atoms with Gasteiger partial charge in [0.05, 0.1) is 23.1 Å². The van der Waals surface area contributed by atoms with Gasteiger partial charge in [0.15, 0.2) is 11.4 Å². The molecule has 6 aromatic rings. The molecule has 1 aliphatic rings. The summed E-state index contributed by atoms with van der Waals surface area (Å²) in [6, 6.07) is 43.8. The third-order valence-electron chi connectivity index (χ3n) is 9.82. The molecule has 1 aliphatic heterocycles. The third-order valence-corrected chi connectivity index (χ3v) is 10.5. The van der Waals surface area contributed by atoms with E-state index in [4.69, 9.17) is 33.0 Å². The van der Waals surface area contributed by atoms with Crippen molar-refractivity contribution in [1.82, 2.24) is 14.7 Å². The summed E-state index contributed by atoms with van der Waals surface area (Å²) in [6.07, 6.45) is 1.18. The van der Waals surface area contributed by atoms with Gasteiger partial charge in [-0.3, -0.25) is 4.79 Å². The van der Waals surface area contributed by atoms with E-state index in [1.165, 1.54) is 0 Å². The number of rotatable bonds is 9. The molecule has 266 valence electrons. The first-order valence-corrected chi connectivity index (χ1v) is 18.4. The maximum absolute atomic E-state index is 14.2. The fourth-order valence-electron chi connectivity index (χ4n) is 7.20. The molecule has 1 fully saturated rings. The molecule has 0 aliphatic carbocycles. The van der Waals surface area contributed by atoms with Gasteiger partial charge in [0.1, 0.15) is 5.54 Å². The minimum Gasteiger partial charge on any atom is -0.430 e. The smallest absolute Gasteiger partial charge is 0.411 e. The summed E-state index contributed by atoms with van der Waals surface area (Å²) >= 11 is 12.8. The Balaban J connectivity index is 1.42. The summed E-state index contributed by atoms with van der Waals surface area (Å²) in [6.45, 7) is 2.51. The number of hydrogen-bond donors (Lipinski definition) is 1. The minimum atomic E-state index is -0.965. The van der Waals surface area contributed by atoms with Crippen LogP contribution in [0.25, 0.3) is 22.0 Å². The number of piperidine rings is 1. The number of nitriles is 1. The van der Waals surface area contributed by atoms with E-state index >= 15 is 0 Å². The largest absolute Gasteiger partial charge is 0.430 e. The average molecular weight is 743 g/mol. The summed E-state index contributed by atoms with van der Waals surface area (Å²) in [5.41, 5.74) is 3.90. The van der Waals surface area contributed by atoms with Crippen molar-refractivity contribution >= 4 is 51.9 Å². The number of ether oxygens (including phenoxy) is 1. The van der Waals surface area contributed by atoms with Gasteiger partial charge in [-0.25, -0.2) is 9.48 Å². The highest BCUT2D eigenvalue weighted by Crippen LogP contribution is 2.44. The highest BCUT2D eigenvalue weighted by molar-refractivity contribution is 6.33. The second-order valence-electron chi connectivity index (χ2n) is 13.1. The summed E-state index contributed by atoms with van der Waals surface area (Å²) in [5, 5.41) is 19.3. The van der Waals surface area contributed by atoms with Crippen molar-refractivity contribution in [2.24, 2.45) is 5.92 Å². The zero-order valence-electron chi connectivity index (χ0n) is 29.1. The number of hydrogen-bond acceptors (Lipinski definition) is 5. The van der Waals surface area contributed by atoms with E-state index < -0.39 is 23.1 Å². The fraction of sp³-hybridized carbons (Fsp3) is 0.209. The number of aromatic nitrogens is 2. The van der Waals surface area contributed by atoms with E-state index in [1.807, 2.05) is 84.4 Å². The lowest BCUT2D eigenvalue weighted by atomic mass is 9.77. The number of nitrogens with one attached hydrogen (secondary N) is 1. The number of anilines is 1. The van der Waals surface area contributed by atoms with Crippen molar-refractivity contribution in [3.8, 4) is 17.2 Å². The Morgan fingerprint density at radius 3 is 2.13 bits per heavy atom. The summed E-state index contributed by atoms with van der Waals surface area (Å²) < 4.78 is 7.36. The first-order chi connectivity index (χ1) is 25.8. The molecule has 0 spiro atoms. The monoisotopic (exact) mass is 741 g/mol. The number of likely N-dealkylation sites (tertiary alicyclic amines) is 1. The van der Waals surface area contributed by atoms with Crippen molar-refractivity contribution in [3.05, 3.63) is 155 Å². The molecule has 53 heavy (non-hydrogen) atoms. The number of alkyl halides is 1. The lowest BCUT2D eigenvalue weighted by Gasteiger charge is -2.37. The van der Waals surface area contributed by atoms with Crippen molar-refractivity contribution in [1.29, 1.82) is 5.26 Å². The molecular weight excluding hydrogens is 705 g/mol. The van der Waals surface area contributed by atoms with Crippen LogP contribution in [0.5, 0.6) is 0 Å². The van der Waals surface area contributed by atoms with Crippen LogP contribution >= 0.6 is 23.2 Å². The first-order valence-electron chi connectivity index (χ1n) is 17.6. The molecule has 7 rings (SSSR count). The molecule has 1 aromatic heterocycles. The standard InChI is InChI=1S/C43H37Cl2N5O3/c1-2-39(45)53-42(52)49-24-12-13-31(28-49)41(51)47-40-36-26-30(35-25-29(27-46)20-22-37(35)44)21-23-38(36)50(48-40)43(32-14-6-3-7-15-32,33-16-8-4-9-17-33)34-18-10-5-11-19-34/h3-11,14-23,25-26,31,39H,2,12-13,24,28H2,1H3,(H,47,48,51)/t31-,39?/m1/s1. The Bertz CT molecular complexity index is 2190. The number of carbonyl (C=O) groups is 2. The molecule has 5 aromatic carbocycles. The zero-order chi connectivity index (χ0) is 37.0. The summed E-state index contributed by atoms with van der Waals surface area (Å²) in [5.74, 6) is -0.399. The second-order valence-corrected chi connectivity index (χ2v) is 14.0. The van der Waals surface area contributed by atoms with Gasteiger partial charge in [0, 0.05) is 29.1 Å². The average Bonchev–Trinajstić information content (AvgIpc) is 3.56. The normalized spacial score (nSPS) is 15.1. The van der Waals surface area contributed by atoms with Gasteiger partial charge in [-0.05, 0) is 71.8 Å². The molecule has 0 radical (unpaired) electrons. The van der Waals surface area contributed by atoms with Gasteiger partial charge in [0.25, 0.3) is 0 Å². The van der Waals surface area contributed by atoms with Crippen LogP contribution in [-0.4, -0.2) is 45.3 Å². The lowest BCUT2D eigenvalue weighted by molar-refractivity contribution is -0.121. The molecule has 1 saturated heterocycles. The van der Waals surface area contributed by atoms with Crippen LogP contribution < -0.4 is 5.32 Å². The van der Waals surface area contributed by atoms with Crippen molar-refractivity contribution < 1.29 is 14.3 Å². The molecule has 10 heteroatoms. The van der Waals surface area contributed by atoms with E-state index in [9.17, 15) is 14.9 Å². The van der Waals surface area contributed by atoms with E-state index in [0.717, 1.165) is 27.8 Å². The third kappa shape index (κ3) is 6.98. The van der Waals surface area contributed by atoms with Crippen LogP contribution in [-0.2, 0) is 15.1 Å². The quantitative estimate of drug-likeness (QED) is 0.117. The van der Waals surface area contributed by atoms with Crippen molar-refractivity contribution in [2.45, 2.75) is 37.3 Å². The predicted octanol–water partition coefficient (Wildman–Crippen LogP) is 9.83. The molecule has 1 unspecified atom stereocenters. The van der Waals surface area contributed by atoms with Gasteiger partial charge in [-0.15, -0.1) is 0 Å². The molecular formula is C43H37Cl2N5O3.